The van der Waals surface area contributed by atoms with E-state index in [2.05, 4.69) is 15.5 Å². The van der Waals surface area contributed by atoms with Crippen LogP contribution >= 0.6 is 0 Å². The van der Waals surface area contributed by atoms with Crippen molar-refractivity contribution < 1.29 is 18.0 Å². The second-order valence-corrected chi connectivity index (χ2v) is 5.10. The van der Waals surface area contributed by atoms with Gasteiger partial charge in [-0.1, -0.05) is 0 Å². The van der Waals surface area contributed by atoms with Crippen molar-refractivity contribution in [2.24, 2.45) is 0 Å². The number of aromatic nitrogens is 4. The third-order valence-electron chi connectivity index (χ3n) is 3.14. The van der Waals surface area contributed by atoms with Crippen molar-refractivity contribution in [2.45, 2.75) is 33.0 Å². The Morgan fingerprint density at radius 1 is 1.41 bits per heavy atom. The molecular formula is C13H16F3N5O. The molecule has 6 nitrogen and oxygen atoms in total. The van der Waals surface area contributed by atoms with Gasteiger partial charge in [0.1, 0.15) is 5.69 Å². The molecule has 2 aromatic heterocycles. The average Bonchev–Trinajstić information content (AvgIpc) is 3.01. The summed E-state index contributed by atoms with van der Waals surface area (Å²) in [6.45, 7) is 5.83. The van der Waals surface area contributed by atoms with Crippen molar-refractivity contribution in [1.82, 2.24) is 25.3 Å². The maximum absolute atomic E-state index is 12.4. The standard InChI is InChI=1S/C13H16F3N5O/c1-7-4-8(2)21(20-7)9(3)6-17-12(22)10-5-11(19-18-10)13(14,15)16/h4-5,9H,6H2,1-3H3,(H,17,22)(H,18,19)/t9-/m1/s1. The lowest BCUT2D eigenvalue weighted by atomic mass is 10.3. The summed E-state index contributed by atoms with van der Waals surface area (Å²) in [4.78, 5) is 11.8. The number of carbonyl (C=O) groups excluding carboxylic acids is 1. The largest absolute Gasteiger partial charge is 0.432 e. The average molecular weight is 315 g/mol. The molecule has 9 heteroatoms. The van der Waals surface area contributed by atoms with Crippen LogP contribution in [0, 0.1) is 13.8 Å². The lowest BCUT2D eigenvalue weighted by Gasteiger charge is -2.14. The number of amides is 1. The topological polar surface area (TPSA) is 75.6 Å². The maximum atomic E-state index is 12.4. The van der Waals surface area contributed by atoms with E-state index in [0.29, 0.717) is 6.07 Å². The minimum atomic E-state index is -4.55. The van der Waals surface area contributed by atoms with E-state index >= 15 is 0 Å². The molecule has 0 aliphatic rings. The molecule has 0 saturated carbocycles. The molecule has 0 radical (unpaired) electrons. The Balaban J connectivity index is 1.98. The SMILES string of the molecule is Cc1cc(C)n([C@H](C)CNC(=O)c2cc(C(F)(F)F)[nH]n2)n1. The van der Waals surface area contributed by atoms with Gasteiger partial charge in [-0.2, -0.15) is 23.4 Å². The van der Waals surface area contributed by atoms with Crippen LogP contribution in [0.5, 0.6) is 0 Å². The van der Waals surface area contributed by atoms with Crippen molar-refractivity contribution in [3.05, 3.63) is 34.9 Å². The number of rotatable bonds is 4. The number of aryl methyl sites for hydroxylation is 2. The number of aromatic amines is 1. The molecule has 0 aliphatic carbocycles. The predicted molar refractivity (Wildman–Crippen MR) is 72.3 cm³/mol. The molecule has 2 N–H and O–H groups in total. The van der Waals surface area contributed by atoms with E-state index in [0.717, 1.165) is 11.4 Å². The molecule has 2 rings (SSSR count). The van der Waals surface area contributed by atoms with Crippen molar-refractivity contribution in [3.63, 3.8) is 0 Å². The van der Waals surface area contributed by atoms with Crippen molar-refractivity contribution in [2.75, 3.05) is 6.54 Å². The lowest BCUT2D eigenvalue weighted by molar-refractivity contribution is -0.141. The summed E-state index contributed by atoms with van der Waals surface area (Å²) in [5, 5.41) is 12.0. The Bertz CT molecular complexity index is 674. The van der Waals surface area contributed by atoms with Gasteiger partial charge in [-0.25, -0.2) is 0 Å². The molecule has 0 bridgehead atoms. The number of H-pyrrole nitrogens is 1. The number of carbonyl (C=O) groups is 1. The molecule has 1 amide bonds. The fourth-order valence-electron chi connectivity index (χ4n) is 2.09. The number of hydrogen-bond acceptors (Lipinski definition) is 3. The zero-order valence-electron chi connectivity index (χ0n) is 12.3. The fourth-order valence-corrected chi connectivity index (χ4v) is 2.09. The van der Waals surface area contributed by atoms with Crippen LogP contribution < -0.4 is 5.32 Å². The third kappa shape index (κ3) is 3.46. The Hall–Kier alpha value is -2.32. The zero-order valence-corrected chi connectivity index (χ0v) is 12.3. The predicted octanol–water partition coefficient (Wildman–Crippen LogP) is 2.23. The van der Waals surface area contributed by atoms with Crippen LogP contribution in [0.1, 0.15) is 40.5 Å². The van der Waals surface area contributed by atoms with Crippen LogP contribution in [0.15, 0.2) is 12.1 Å². The van der Waals surface area contributed by atoms with Gasteiger partial charge in [0.2, 0.25) is 0 Å². The molecule has 0 fully saturated rings. The summed E-state index contributed by atoms with van der Waals surface area (Å²) in [6.07, 6.45) is -4.55. The Kier molecular flexibility index (Phi) is 4.25. The minimum Gasteiger partial charge on any atom is -0.349 e. The van der Waals surface area contributed by atoms with E-state index < -0.39 is 17.8 Å². The second-order valence-electron chi connectivity index (χ2n) is 5.10. The molecule has 22 heavy (non-hydrogen) atoms. The zero-order chi connectivity index (χ0) is 16.5. The smallest absolute Gasteiger partial charge is 0.349 e. The van der Waals surface area contributed by atoms with Crippen LogP contribution in [0.3, 0.4) is 0 Å². The fraction of sp³-hybridized carbons (Fsp3) is 0.462. The highest BCUT2D eigenvalue weighted by Gasteiger charge is 2.33. The summed E-state index contributed by atoms with van der Waals surface area (Å²) >= 11 is 0. The Labute approximate surface area is 124 Å². The van der Waals surface area contributed by atoms with Crippen LogP contribution in [0.4, 0.5) is 13.2 Å². The first-order valence-corrected chi connectivity index (χ1v) is 6.62. The monoisotopic (exact) mass is 315 g/mol. The summed E-state index contributed by atoms with van der Waals surface area (Å²) in [6, 6.07) is 2.46. The summed E-state index contributed by atoms with van der Waals surface area (Å²) < 4.78 is 39.0. The number of halogens is 3. The molecule has 2 heterocycles. The van der Waals surface area contributed by atoms with Gasteiger partial charge in [-0.15, -0.1) is 0 Å². The van der Waals surface area contributed by atoms with Crippen LogP contribution in [-0.2, 0) is 6.18 Å². The summed E-state index contributed by atoms with van der Waals surface area (Å²) in [5.74, 6) is -0.667. The van der Waals surface area contributed by atoms with Gasteiger partial charge < -0.3 is 5.32 Å². The molecule has 0 spiro atoms. The highest BCUT2D eigenvalue weighted by Crippen LogP contribution is 2.27. The summed E-state index contributed by atoms with van der Waals surface area (Å²) in [7, 11) is 0. The van der Waals surface area contributed by atoms with Gasteiger partial charge in [0, 0.05) is 18.3 Å². The molecule has 1 atom stereocenters. The second kappa shape index (κ2) is 5.82. The first-order valence-electron chi connectivity index (χ1n) is 6.62. The normalized spacial score (nSPS) is 13.2. The van der Waals surface area contributed by atoms with Gasteiger partial charge in [0.25, 0.3) is 5.91 Å². The van der Waals surface area contributed by atoms with E-state index in [9.17, 15) is 18.0 Å². The van der Waals surface area contributed by atoms with E-state index in [4.69, 9.17) is 0 Å². The molecule has 120 valence electrons. The summed E-state index contributed by atoms with van der Waals surface area (Å²) in [5.41, 5.74) is 0.452. The quantitative estimate of drug-likeness (QED) is 0.908. The minimum absolute atomic E-state index is 0.126. The van der Waals surface area contributed by atoms with E-state index in [1.54, 1.807) is 9.78 Å². The van der Waals surface area contributed by atoms with Crippen LogP contribution in [0.2, 0.25) is 0 Å². The molecule has 0 unspecified atom stereocenters. The van der Waals surface area contributed by atoms with Gasteiger partial charge in [-0.05, 0) is 26.8 Å². The van der Waals surface area contributed by atoms with Gasteiger partial charge in [0.05, 0.1) is 11.7 Å². The van der Waals surface area contributed by atoms with Gasteiger partial charge >= 0.3 is 6.18 Å². The van der Waals surface area contributed by atoms with Crippen LogP contribution in [-0.4, -0.2) is 32.4 Å². The van der Waals surface area contributed by atoms with Gasteiger partial charge in [-0.3, -0.25) is 14.6 Å². The third-order valence-corrected chi connectivity index (χ3v) is 3.14. The highest BCUT2D eigenvalue weighted by atomic mass is 19.4. The Morgan fingerprint density at radius 3 is 2.59 bits per heavy atom. The molecule has 0 aromatic carbocycles. The first kappa shape index (κ1) is 16.1. The molecule has 0 aliphatic heterocycles. The van der Waals surface area contributed by atoms with Crippen molar-refractivity contribution >= 4 is 5.91 Å². The molecule has 0 saturated heterocycles. The van der Waals surface area contributed by atoms with E-state index in [1.165, 1.54) is 0 Å². The van der Waals surface area contributed by atoms with Crippen LogP contribution in [0.25, 0.3) is 0 Å². The van der Waals surface area contributed by atoms with Crippen molar-refractivity contribution in [3.8, 4) is 0 Å². The van der Waals surface area contributed by atoms with Gasteiger partial charge in [0.15, 0.2) is 5.69 Å². The lowest BCUT2D eigenvalue weighted by Crippen LogP contribution is -2.30. The Morgan fingerprint density at radius 2 is 2.09 bits per heavy atom. The van der Waals surface area contributed by atoms with Crippen molar-refractivity contribution in [1.29, 1.82) is 0 Å². The van der Waals surface area contributed by atoms with E-state index in [1.807, 2.05) is 26.8 Å². The first-order chi connectivity index (χ1) is 10.2. The number of alkyl halides is 3. The van der Waals surface area contributed by atoms with E-state index in [-0.39, 0.29) is 18.3 Å². The molecular weight excluding hydrogens is 299 g/mol. The highest BCUT2D eigenvalue weighted by molar-refractivity contribution is 5.92. The molecule has 2 aromatic rings. The number of hydrogen-bond donors (Lipinski definition) is 2. The number of nitrogens with one attached hydrogen (secondary N) is 2. The maximum Gasteiger partial charge on any atom is 0.432 e. The number of nitrogens with zero attached hydrogens (tertiary/aromatic N) is 3.